The second-order valence-electron chi connectivity index (χ2n) is 4.44. The summed E-state index contributed by atoms with van der Waals surface area (Å²) in [6.45, 7) is 4.26. The van der Waals surface area contributed by atoms with Crippen molar-refractivity contribution in [1.82, 2.24) is 5.32 Å². The molecule has 2 heteroatoms. The molecule has 0 amide bonds. The number of rotatable bonds is 2. The molecule has 1 aliphatic carbocycles. The third-order valence-electron chi connectivity index (χ3n) is 3.44. The summed E-state index contributed by atoms with van der Waals surface area (Å²) in [5.74, 6) is 0.936. The molecule has 1 saturated carbocycles. The minimum absolute atomic E-state index is 0.527. The Morgan fingerprint density at radius 3 is 3.15 bits per heavy atom. The second-order valence-corrected chi connectivity index (χ2v) is 4.44. The van der Waals surface area contributed by atoms with E-state index >= 15 is 0 Å². The lowest BCUT2D eigenvalue weighted by Gasteiger charge is -2.39. The van der Waals surface area contributed by atoms with Crippen molar-refractivity contribution < 1.29 is 4.74 Å². The van der Waals surface area contributed by atoms with Crippen LogP contribution in [0, 0.1) is 5.92 Å². The van der Waals surface area contributed by atoms with Gasteiger partial charge in [0.2, 0.25) is 0 Å². The molecule has 2 rings (SSSR count). The van der Waals surface area contributed by atoms with E-state index in [9.17, 15) is 0 Å². The van der Waals surface area contributed by atoms with E-state index in [0.717, 1.165) is 19.1 Å². The van der Waals surface area contributed by atoms with Crippen molar-refractivity contribution >= 4 is 0 Å². The van der Waals surface area contributed by atoms with Crippen LogP contribution in [-0.4, -0.2) is 25.3 Å². The molecule has 13 heavy (non-hydrogen) atoms. The number of fused-ring (bicyclic) bond motifs is 1. The van der Waals surface area contributed by atoms with Crippen LogP contribution < -0.4 is 5.32 Å². The van der Waals surface area contributed by atoms with Crippen molar-refractivity contribution in [3.8, 4) is 0 Å². The summed E-state index contributed by atoms with van der Waals surface area (Å²) in [4.78, 5) is 0. The molecule has 1 saturated heterocycles. The summed E-state index contributed by atoms with van der Waals surface area (Å²) in [5.41, 5.74) is 0. The molecule has 0 aromatic carbocycles. The van der Waals surface area contributed by atoms with Crippen LogP contribution in [0.4, 0.5) is 0 Å². The lowest BCUT2D eigenvalue weighted by molar-refractivity contribution is -0.0381. The Morgan fingerprint density at radius 1 is 1.38 bits per heavy atom. The van der Waals surface area contributed by atoms with E-state index in [1.54, 1.807) is 0 Å². The van der Waals surface area contributed by atoms with Crippen molar-refractivity contribution in [3.63, 3.8) is 0 Å². The van der Waals surface area contributed by atoms with Gasteiger partial charge in [-0.2, -0.15) is 0 Å². The molecule has 0 radical (unpaired) electrons. The van der Waals surface area contributed by atoms with E-state index in [2.05, 4.69) is 12.2 Å². The molecule has 0 aromatic heterocycles. The second kappa shape index (κ2) is 4.43. The van der Waals surface area contributed by atoms with Gasteiger partial charge in [0.15, 0.2) is 0 Å². The molecule has 1 heterocycles. The van der Waals surface area contributed by atoms with Gasteiger partial charge in [0.25, 0.3) is 0 Å². The Bertz CT molecular complexity index is 160. The standard InChI is InChI=1S/C11H21NO/c1-2-3-9-4-5-10-11(8-9)13-7-6-12-10/h9-12H,2-8H2,1H3/t9?,10-,11+/m0/s1. The molecule has 1 N–H and O–H groups in total. The van der Waals surface area contributed by atoms with E-state index in [4.69, 9.17) is 4.74 Å². The Kier molecular flexibility index (Phi) is 3.23. The highest BCUT2D eigenvalue weighted by atomic mass is 16.5. The predicted molar refractivity (Wildman–Crippen MR) is 53.8 cm³/mol. The van der Waals surface area contributed by atoms with E-state index < -0.39 is 0 Å². The minimum Gasteiger partial charge on any atom is -0.375 e. The smallest absolute Gasteiger partial charge is 0.0731 e. The maximum atomic E-state index is 5.80. The highest BCUT2D eigenvalue weighted by Gasteiger charge is 2.32. The van der Waals surface area contributed by atoms with E-state index in [1.807, 2.05) is 0 Å². The first-order valence-electron chi connectivity index (χ1n) is 5.75. The lowest BCUT2D eigenvalue weighted by Crippen LogP contribution is -2.51. The van der Waals surface area contributed by atoms with Crippen LogP contribution in [0.5, 0.6) is 0 Å². The first-order valence-corrected chi connectivity index (χ1v) is 5.75. The molecule has 0 aromatic rings. The maximum Gasteiger partial charge on any atom is 0.0731 e. The van der Waals surface area contributed by atoms with Crippen LogP contribution >= 0.6 is 0 Å². The quantitative estimate of drug-likeness (QED) is 0.706. The zero-order valence-electron chi connectivity index (χ0n) is 8.59. The van der Waals surface area contributed by atoms with Gasteiger partial charge in [0.05, 0.1) is 12.7 Å². The number of hydrogen-bond acceptors (Lipinski definition) is 2. The molecule has 2 aliphatic rings. The van der Waals surface area contributed by atoms with Gasteiger partial charge in [0, 0.05) is 12.6 Å². The number of nitrogens with one attached hydrogen (secondary N) is 1. The summed E-state index contributed by atoms with van der Waals surface area (Å²) < 4.78 is 5.80. The van der Waals surface area contributed by atoms with E-state index in [1.165, 1.54) is 32.1 Å². The summed E-state index contributed by atoms with van der Waals surface area (Å²) in [7, 11) is 0. The fourth-order valence-corrected chi connectivity index (χ4v) is 2.75. The summed E-state index contributed by atoms with van der Waals surface area (Å²) in [6.07, 6.45) is 7.29. The first kappa shape index (κ1) is 9.47. The Labute approximate surface area is 81.0 Å². The van der Waals surface area contributed by atoms with Crippen LogP contribution in [-0.2, 0) is 4.74 Å². The zero-order chi connectivity index (χ0) is 9.10. The lowest BCUT2D eigenvalue weighted by atomic mass is 9.81. The molecule has 1 aliphatic heterocycles. The van der Waals surface area contributed by atoms with Gasteiger partial charge in [-0.1, -0.05) is 19.8 Å². The molecule has 0 spiro atoms. The normalized spacial score (nSPS) is 39.9. The molecule has 2 fully saturated rings. The van der Waals surface area contributed by atoms with Gasteiger partial charge in [-0.15, -0.1) is 0 Å². The average molecular weight is 183 g/mol. The summed E-state index contributed by atoms with van der Waals surface area (Å²) in [5, 5.41) is 3.56. The van der Waals surface area contributed by atoms with Crippen molar-refractivity contribution in [3.05, 3.63) is 0 Å². The first-order chi connectivity index (χ1) is 6.40. The monoisotopic (exact) mass is 183 g/mol. The number of morpholine rings is 1. The fourth-order valence-electron chi connectivity index (χ4n) is 2.75. The highest BCUT2D eigenvalue weighted by Crippen LogP contribution is 2.30. The number of hydrogen-bond donors (Lipinski definition) is 1. The van der Waals surface area contributed by atoms with Gasteiger partial charge in [-0.25, -0.2) is 0 Å². The van der Waals surface area contributed by atoms with Gasteiger partial charge < -0.3 is 10.1 Å². The van der Waals surface area contributed by atoms with Crippen LogP contribution in [0.15, 0.2) is 0 Å². The van der Waals surface area contributed by atoms with Crippen LogP contribution in [0.3, 0.4) is 0 Å². The van der Waals surface area contributed by atoms with Crippen molar-refractivity contribution in [2.24, 2.45) is 5.92 Å². The minimum atomic E-state index is 0.527. The van der Waals surface area contributed by atoms with Gasteiger partial charge >= 0.3 is 0 Å². The Balaban J connectivity index is 1.84. The number of ether oxygens (including phenoxy) is 1. The Morgan fingerprint density at radius 2 is 2.31 bits per heavy atom. The summed E-state index contributed by atoms with van der Waals surface area (Å²) >= 11 is 0. The molecular formula is C11H21NO. The third-order valence-corrected chi connectivity index (χ3v) is 3.44. The topological polar surface area (TPSA) is 21.3 Å². The average Bonchev–Trinajstić information content (AvgIpc) is 2.18. The predicted octanol–water partition coefficient (Wildman–Crippen LogP) is 1.94. The van der Waals surface area contributed by atoms with Crippen molar-refractivity contribution in [1.29, 1.82) is 0 Å². The van der Waals surface area contributed by atoms with Crippen molar-refractivity contribution in [2.45, 2.75) is 51.2 Å². The van der Waals surface area contributed by atoms with Gasteiger partial charge in [-0.3, -0.25) is 0 Å². The molecule has 1 unspecified atom stereocenters. The highest BCUT2D eigenvalue weighted by molar-refractivity contribution is 4.87. The van der Waals surface area contributed by atoms with Crippen molar-refractivity contribution in [2.75, 3.05) is 13.2 Å². The van der Waals surface area contributed by atoms with Gasteiger partial charge in [0.1, 0.15) is 0 Å². The molecule has 76 valence electrons. The SMILES string of the molecule is CCCC1CC[C@@H]2NCCO[C@@H]2C1. The molecule has 3 atom stereocenters. The summed E-state index contributed by atoms with van der Waals surface area (Å²) in [6, 6.07) is 0.668. The molecule has 2 nitrogen and oxygen atoms in total. The van der Waals surface area contributed by atoms with E-state index in [0.29, 0.717) is 12.1 Å². The maximum absolute atomic E-state index is 5.80. The van der Waals surface area contributed by atoms with Crippen LogP contribution in [0.1, 0.15) is 39.0 Å². The third kappa shape index (κ3) is 2.23. The largest absolute Gasteiger partial charge is 0.375 e. The van der Waals surface area contributed by atoms with Crippen LogP contribution in [0.2, 0.25) is 0 Å². The zero-order valence-corrected chi connectivity index (χ0v) is 8.59. The van der Waals surface area contributed by atoms with E-state index in [-0.39, 0.29) is 0 Å². The Hall–Kier alpha value is -0.0800. The molecular weight excluding hydrogens is 162 g/mol. The van der Waals surface area contributed by atoms with Gasteiger partial charge in [-0.05, 0) is 25.2 Å². The fraction of sp³-hybridized carbons (Fsp3) is 1.00. The molecule has 0 bridgehead atoms. The van der Waals surface area contributed by atoms with Crippen LogP contribution in [0.25, 0.3) is 0 Å².